The van der Waals surface area contributed by atoms with Gasteiger partial charge in [0.15, 0.2) is 0 Å². The average Bonchev–Trinajstić information content (AvgIpc) is 2.84. The summed E-state index contributed by atoms with van der Waals surface area (Å²) >= 11 is 0. The Hall–Kier alpha value is -2.73. The van der Waals surface area contributed by atoms with Gasteiger partial charge in [-0.2, -0.15) is 0 Å². The maximum Gasteiger partial charge on any atom is 0.407 e. The second-order valence-corrected chi connectivity index (χ2v) is 11.4. The number of carbonyl (C=O) groups is 1. The fourth-order valence-electron chi connectivity index (χ4n) is 4.23. The quantitative estimate of drug-likeness (QED) is 0.578. The summed E-state index contributed by atoms with van der Waals surface area (Å²) in [5.74, 6) is 0.0367. The van der Waals surface area contributed by atoms with Crippen LogP contribution in [0.5, 0.6) is 0 Å². The molecule has 0 spiro atoms. The van der Waals surface area contributed by atoms with E-state index in [2.05, 4.69) is 24.3 Å². The van der Waals surface area contributed by atoms with Gasteiger partial charge in [-0.05, 0) is 42.8 Å². The van der Waals surface area contributed by atoms with Gasteiger partial charge in [0.05, 0.1) is 11.5 Å². The van der Waals surface area contributed by atoms with Crippen molar-refractivity contribution in [1.29, 1.82) is 0 Å². The summed E-state index contributed by atoms with van der Waals surface area (Å²) in [6, 6.07) is 30.1. The van der Waals surface area contributed by atoms with E-state index in [1.165, 1.54) is 0 Å². The van der Waals surface area contributed by atoms with Crippen LogP contribution in [0.3, 0.4) is 0 Å². The summed E-state index contributed by atoms with van der Waals surface area (Å²) in [5, 5.41) is 2.12. The molecule has 1 saturated heterocycles. The lowest BCUT2D eigenvalue weighted by Crippen LogP contribution is -2.69. The van der Waals surface area contributed by atoms with Crippen molar-refractivity contribution in [2.24, 2.45) is 5.41 Å². The first kappa shape index (κ1) is 21.5. The molecule has 1 heterocycles. The molecule has 0 aliphatic carbocycles. The number of nitrogens with zero attached hydrogens (tertiary/aromatic N) is 1. The molecule has 31 heavy (non-hydrogen) atoms. The molecule has 1 amide bonds. The Morgan fingerprint density at radius 3 is 1.87 bits per heavy atom. The highest BCUT2D eigenvalue weighted by molar-refractivity contribution is 6.92. The number of carbonyl (C=O) groups excluding carboxylic acids is 1. The predicted octanol–water partition coefficient (Wildman–Crippen LogP) is 3.74. The molecule has 1 atom stereocenters. The third-order valence-electron chi connectivity index (χ3n) is 6.11. The number of hydrogen-bond acceptors (Lipinski definition) is 3. The van der Waals surface area contributed by atoms with Gasteiger partial charge in [0.25, 0.3) is 0 Å². The first-order chi connectivity index (χ1) is 14.9. The van der Waals surface area contributed by atoms with E-state index >= 15 is 0 Å². The van der Waals surface area contributed by atoms with Crippen LogP contribution in [0.4, 0.5) is 5.69 Å². The van der Waals surface area contributed by atoms with Crippen LogP contribution in [-0.2, 0) is 13.6 Å². The Morgan fingerprint density at radius 2 is 1.35 bits per heavy atom. The zero-order valence-corrected chi connectivity index (χ0v) is 19.3. The zero-order chi connectivity index (χ0) is 21.9. The fraction of sp³-hybridized carbons (Fsp3) is 0.269. The minimum Gasteiger partial charge on any atom is -0.388 e. The molecule has 1 aliphatic heterocycles. The van der Waals surface area contributed by atoms with E-state index in [1.807, 2.05) is 87.6 Å². The Morgan fingerprint density at radius 1 is 0.871 bits per heavy atom. The molecular weight excluding hydrogens is 402 g/mol. The van der Waals surface area contributed by atoms with E-state index < -0.39 is 14.0 Å². The van der Waals surface area contributed by atoms with Gasteiger partial charge < -0.3 is 13.8 Å². The molecule has 0 aromatic heterocycles. The van der Waals surface area contributed by atoms with Gasteiger partial charge in [-0.1, -0.05) is 78.9 Å². The van der Waals surface area contributed by atoms with Crippen molar-refractivity contribution < 1.29 is 13.6 Å². The van der Waals surface area contributed by atoms with Crippen molar-refractivity contribution in [1.82, 2.24) is 0 Å². The highest BCUT2D eigenvalue weighted by atomic mass is 28.4. The molecule has 0 radical (unpaired) electrons. The molecule has 0 N–H and O–H groups in total. The first-order valence-electron chi connectivity index (χ1n) is 10.7. The summed E-state index contributed by atoms with van der Waals surface area (Å²) in [6.45, 7) is 4.53. The largest absolute Gasteiger partial charge is 0.407 e. The van der Waals surface area contributed by atoms with E-state index in [0.29, 0.717) is 13.0 Å². The summed E-state index contributed by atoms with van der Waals surface area (Å²) in [6.07, 6.45) is 0.419. The van der Waals surface area contributed by atoms with Crippen LogP contribution in [0.1, 0.15) is 20.3 Å². The summed E-state index contributed by atoms with van der Waals surface area (Å²) in [4.78, 5) is 15.3. The van der Waals surface area contributed by atoms with E-state index in [4.69, 9.17) is 8.85 Å². The number of rotatable bonds is 5. The van der Waals surface area contributed by atoms with Crippen LogP contribution in [0.2, 0.25) is 0 Å². The lowest BCUT2D eigenvalue weighted by atomic mass is 9.83. The molecule has 0 bridgehead atoms. The molecule has 0 saturated carbocycles. The zero-order valence-electron chi connectivity index (χ0n) is 18.3. The lowest BCUT2D eigenvalue weighted by molar-refractivity contribution is -0.133. The molecule has 4 nitrogen and oxygen atoms in total. The van der Waals surface area contributed by atoms with Gasteiger partial charge in [0, 0.05) is 19.3 Å². The van der Waals surface area contributed by atoms with Gasteiger partial charge in [0.1, 0.15) is 0 Å². The molecule has 160 valence electrons. The Balaban J connectivity index is 1.69. The summed E-state index contributed by atoms with van der Waals surface area (Å²) in [7, 11) is -1.11. The molecule has 3 aromatic rings. The van der Waals surface area contributed by atoms with E-state index in [0.717, 1.165) is 16.1 Å². The second-order valence-electron chi connectivity index (χ2n) is 8.51. The summed E-state index contributed by atoms with van der Waals surface area (Å²) < 4.78 is 13.4. The van der Waals surface area contributed by atoms with Crippen molar-refractivity contribution >= 4 is 30.5 Å². The van der Waals surface area contributed by atoms with Crippen molar-refractivity contribution in [2.45, 2.75) is 26.4 Å². The molecule has 1 aliphatic rings. The number of hydrogen-bond donors (Lipinski definition) is 0. The maximum atomic E-state index is 13.6. The van der Waals surface area contributed by atoms with Gasteiger partial charge in [0.2, 0.25) is 5.91 Å². The Labute approximate surface area is 185 Å². The standard InChI is InChI=1S/C26H29NO3Si/c1-26(2,25(28)27(3)21-13-7-4-8-14-21)24-19-20-29-31(30-24,22-15-9-5-10-16-22)23-17-11-6-12-18-23/h4-18,24H,19-20H2,1-3H3. The second kappa shape index (κ2) is 8.79. The number of amides is 1. The molecule has 1 fully saturated rings. The van der Waals surface area contributed by atoms with Gasteiger partial charge in [-0.15, -0.1) is 0 Å². The van der Waals surface area contributed by atoms with E-state index in [1.54, 1.807) is 4.90 Å². The predicted molar refractivity (Wildman–Crippen MR) is 127 cm³/mol. The molecule has 4 rings (SSSR count). The van der Waals surface area contributed by atoms with Gasteiger partial charge in [-0.25, -0.2) is 0 Å². The monoisotopic (exact) mass is 431 g/mol. The smallest absolute Gasteiger partial charge is 0.388 e. The van der Waals surface area contributed by atoms with Crippen LogP contribution in [-0.4, -0.2) is 34.2 Å². The average molecular weight is 432 g/mol. The lowest BCUT2D eigenvalue weighted by Gasteiger charge is -2.45. The van der Waals surface area contributed by atoms with E-state index in [9.17, 15) is 4.79 Å². The minimum absolute atomic E-state index is 0.0367. The minimum atomic E-state index is -2.94. The molecule has 3 aromatic carbocycles. The van der Waals surface area contributed by atoms with Crippen LogP contribution in [0.15, 0.2) is 91.0 Å². The van der Waals surface area contributed by atoms with Crippen LogP contribution in [0, 0.1) is 5.41 Å². The maximum absolute atomic E-state index is 13.6. The highest BCUT2D eigenvalue weighted by Gasteiger charge is 2.52. The normalized spacial score (nSPS) is 18.4. The summed E-state index contributed by atoms with van der Waals surface area (Å²) in [5.41, 5.74) is 0.165. The molecule has 1 unspecified atom stereocenters. The van der Waals surface area contributed by atoms with E-state index in [-0.39, 0.29) is 12.0 Å². The fourth-order valence-corrected chi connectivity index (χ4v) is 7.72. The van der Waals surface area contributed by atoms with Gasteiger partial charge >= 0.3 is 8.56 Å². The van der Waals surface area contributed by atoms with Crippen molar-refractivity contribution in [3.63, 3.8) is 0 Å². The van der Waals surface area contributed by atoms with Crippen LogP contribution >= 0.6 is 0 Å². The highest BCUT2D eigenvalue weighted by Crippen LogP contribution is 2.35. The Kier molecular flexibility index (Phi) is 6.09. The number of benzene rings is 3. The topological polar surface area (TPSA) is 38.8 Å². The van der Waals surface area contributed by atoms with Crippen molar-refractivity contribution in [2.75, 3.05) is 18.6 Å². The number of para-hydroxylation sites is 1. The SMILES string of the molecule is CN(C(=O)C(C)(C)C1CCO[Si](c2ccccc2)(c2ccccc2)O1)c1ccccc1. The first-order valence-corrected chi connectivity index (χ1v) is 12.5. The van der Waals surface area contributed by atoms with Crippen molar-refractivity contribution in [3.05, 3.63) is 91.0 Å². The third kappa shape index (κ3) is 4.09. The van der Waals surface area contributed by atoms with Gasteiger partial charge in [-0.3, -0.25) is 4.79 Å². The molecular formula is C26H29NO3Si. The Bertz CT molecular complexity index is 969. The van der Waals surface area contributed by atoms with Crippen LogP contribution < -0.4 is 15.3 Å². The third-order valence-corrected chi connectivity index (χ3v) is 9.52. The van der Waals surface area contributed by atoms with Crippen LogP contribution in [0.25, 0.3) is 0 Å². The number of anilines is 1. The molecule has 5 heteroatoms. The van der Waals surface area contributed by atoms with Crippen molar-refractivity contribution in [3.8, 4) is 0 Å².